The van der Waals surface area contributed by atoms with Crippen molar-refractivity contribution in [3.8, 4) is 0 Å². The minimum atomic E-state index is -1.11. The third-order valence-electron chi connectivity index (χ3n) is 3.76. The quantitative estimate of drug-likeness (QED) is 0.781. The first-order chi connectivity index (χ1) is 11.6. The Bertz CT molecular complexity index is 618. The van der Waals surface area contributed by atoms with Crippen LogP contribution in [0.3, 0.4) is 0 Å². The van der Waals surface area contributed by atoms with Gasteiger partial charge in [-0.3, -0.25) is 4.79 Å². The molecule has 0 spiro atoms. The number of carbonyl (C=O) groups excluding carboxylic acids is 1. The Labute approximate surface area is 141 Å². The zero-order valence-electron chi connectivity index (χ0n) is 13.5. The molecule has 0 saturated carbocycles. The van der Waals surface area contributed by atoms with Gasteiger partial charge in [-0.25, -0.2) is 4.79 Å². The van der Waals surface area contributed by atoms with Gasteiger partial charge < -0.3 is 15.2 Å². The standard InChI is InChI=1S/C19H21NO4/c1-24-13-17(19(22)23)20-18(21)12-16(14-8-4-2-5-9-14)15-10-6-3-7-11-15/h2-11,16-17H,12-13H2,1H3,(H,20,21)(H,22,23). The topological polar surface area (TPSA) is 75.6 Å². The van der Waals surface area contributed by atoms with Crippen molar-refractivity contribution in [2.45, 2.75) is 18.4 Å². The third-order valence-corrected chi connectivity index (χ3v) is 3.76. The fourth-order valence-corrected chi connectivity index (χ4v) is 2.58. The second kappa shape index (κ2) is 8.84. The number of benzene rings is 2. The average Bonchev–Trinajstić information content (AvgIpc) is 2.60. The molecule has 0 fully saturated rings. The molecule has 2 aromatic rings. The third kappa shape index (κ3) is 4.93. The molecule has 0 aliphatic carbocycles. The van der Waals surface area contributed by atoms with Gasteiger partial charge >= 0.3 is 5.97 Å². The second-order valence-corrected chi connectivity index (χ2v) is 5.49. The summed E-state index contributed by atoms with van der Waals surface area (Å²) < 4.78 is 4.84. The highest BCUT2D eigenvalue weighted by Gasteiger charge is 2.23. The first-order valence-electron chi connectivity index (χ1n) is 7.72. The predicted molar refractivity (Wildman–Crippen MR) is 90.8 cm³/mol. The fraction of sp³-hybridized carbons (Fsp3) is 0.263. The maximum absolute atomic E-state index is 12.4. The summed E-state index contributed by atoms with van der Waals surface area (Å²) in [6, 6.07) is 18.4. The first-order valence-corrected chi connectivity index (χ1v) is 7.72. The normalized spacial score (nSPS) is 11.9. The van der Waals surface area contributed by atoms with Crippen molar-refractivity contribution in [3.63, 3.8) is 0 Å². The molecule has 2 aromatic carbocycles. The van der Waals surface area contributed by atoms with Crippen LogP contribution in [0, 0.1) is 0 Å². The predicted octanol–water partition coefficient (Wildman–Crippen LogP) is 2.42. The summed E-state index contributed by atoms with van der Waals surface area (Å²) in [4.78, 5) is 23.5. The number of aliphatic carboxylic acids is 1. The number of nitrogens with one attached hydrogen (secondary N) is 1. The van der Waals surface area contributed by atoms with E-state index in [1.54, 1.807) is 0 Å². The van der Waals surface area contributed by atoms with Crippen molar-refractivity contribution in [2.75, 3.05) is 13.7 Å². The molecule has 1 unspecified atom stereocenters. The van der Waals surface area contributed by atoms with Gasteiger partial charge in [0.25, 0.3) is 0 Å². The van der Waals surface area contributed by atoms with Crippen molar-refractivity contribution < 1.29 is 19.4 Å². The summed E-state index contributed by atoms with van der Waals surface area (Å²) in [5, 5.41) is 11.7. The monoisotopic (exact) mass is 327 g/mol. The summed E-state index contributed by atoms with van der Waals surface area (Å²) in [6.07, 6.45) is 0.168. The molecule has 2 N–H and O–H groups in total. The van der Waals surface area contributed by atoms with Gasteiger partial charge in [0.05, 0.1) is 6.61 Å². The van der Waals surface area contributed by atoms with E-state index in [1.165, 1.54) is 7.11 Å². The van der Waals surface area contributed by atoms with Gasteiger partial charge in [-0.05, 0) is 11.1 Å². The lowest BCUT2D eigenvalue weighted by Crippen LogP contribution is -2.44. The molecule has 0 aliphatic heterocycles. The number of hydrogen-bond donors (Lipinski definition) is 2. The zero-order valence-corrected chi connectivity index (χ0v) is 13.5. The number of carboxylic acids is 1. The van der Waals surface area contributed by atoms with Crippen molar-refractivity contribution in [3.05, 3.63) is 71.8 Å². The molecule has 0 aromatic heterocycles. The van der Waals surface area contributed by atoms with Crippen molar-refractivity contribution in [2.24, 2.45) is 0 Å². The molecule has 126 valence electrons. The highest BCUT2D eigenvalue weighted by molar-refractivity contribution is 5.84. The fourth-order valence-electron chi connectivity index (χ4n) is 2.58. The van der Waals surface area contributed by atoms with Gasteiger partial charge in [-0.15, -0.1) is 0 Å². The van der Waals surface area contributed by atoms with Crippen LogP contribution in [-0.4, -0.2) is 36.7 Å². The molecular weight excluding hydrogens is 306 g/mol. The van der Waals surface area contributed by atoms with Crippen LogP contribution in [0.4, 0.5) is 0 Å². The van der Waals surface area contributed by atoms with Crippen molar-refractivity contribution in [1.29, 1.82) is 0 Å². The number of carbonyl (C=O) groups is 2. The van der Waals surface area contributed by atoms with Crippen LogP contribution in [0.1, 0.15) is 23.5 Å². The van der Waals surface area contributed by atoms with E-state index in [4.69, 9.17) is 9.84 Å². The lowest BCUT2D eigenvalue weighted by molar-refractivity contribution is -0.143. The molecule has 1 atom stereocenters. The van der Waals surface area contributed by atoms with Crippen LogP contribution in [0.2, 0.25) is 0 Å². The number of carboxylic acid groups (broad SMARTS) is 1. The number of ether oxygens (including phenoxy) is 1. The molecule has 0 bridgehead atoms. The summed E-state index contributed by atoms with van der Waals surface area (Å²) in [6.45, 7) is -0.0670. The van der Waals surface area contributed by atoms with Crippen LogP contribution in [0.5, 0.6) is 0 Å². The molecule has 5 heteroatoms. The molecule has 0 saturated heterocycles. The minimum Gasteiger partial charge on any atom is -0.480 e. The SMILES string of the molecule is COCC(NC(=O)CC(c1ccccc1)c1ccccc1)C(=O)O. The molecule has 1 amide bonds. The Balaban J connectivity index is 2.17. The van der Waals surface area contributed by atoms with Crippen LogP contribution in [0.15, 0.2) is 60.7 Å². The second-order valence-electron chi connectivity index (χ2n) is 5.49. The first kappa shape index (κ1) is 17.7. The Morgan fingerprint density at radius 1 is 1.00 bits per heavy atom. The Morgan fingerprint density at radius 3 is 1.92 bits per heavy atom. The molecule has 0 aliphatic rings. The van der Waals surface area contributed by atoms with E-state index in [9.17, 15) is 9.59 Å². The average molecular weight is 327 g/mol. The maximum Gasteiger partial charge on any atom is 0.328 e. The number of methoxy groups -OCH3 is 1. The Kier molecular flexibility index (Phi) is 6.51. The largest absolute Gasteiger partial charge is 0.480 e. The summed E-state index contributed by atoms with van der Waals surface area (Å²) >= 11 is 0. The van der Waals surface area contributed by atoms with Gasteiger partial charge in [0.1, 0.15) is 0 Å². The lowest BCUT2D eigenvalue weighted by atomic mass is 9.88. The molecule has 2 rings (SSSR count). The van der Waals surface area contributed by atoms with E-state index in [1.807, 2.05) is 60.7 Å². The molecule has 5 nitrogen and oxygen atoms in total. The van der Waals surface area contributed by atoms with Gasteiger partial charge in [0.2, 0.25) is 5.91 Å². The number of amides is 1. The highest BCUT2D eigenvalue weighted by Crippen LogP contribution is 2.27. The van der Waals surface area contributed by atoms with Gasteiger partial charge in [0, 0.05) is 19.4 Å². The van der Waals surface area contributed by atoms with E-state index in [0.29, 0.717) is 0 Å². The van der Waals surface area contributed by atoms with E-state index in [0.717, 1.165) is 11.1 Å². The van der Waals surface area contributed by atoms with E-state index < -0.39 is 12.0 Å². The Morgan fingerprint density at radius 2 is 1.50 bits per heavy atom. The van der Waals surface area contributed by atoms with Crippen molar-refractivity contribution >= 4 is 11.9 Å². The van der Waals surface area contributed by atoms with Crippen LogP contribution < -0.4 is 5.32 Å². The van der Waals surface area contributed by atoms with Gasteiger partial charge in [0.15, 0.2) is 6.04 Å². The molecule has 0 radical (unpaired) electrons. The molecular formula is C19H21NO4. The van der Waals surface area contributed by atoms with E-state index in [-0.39, 0.29) is 24.9 Å². The summed E-state index contributed by atoms with van der Waals surface area (Å²) in [5.74, 6) is -1.57. The van der Waals surface area contributed by atoms with Crippen LogP contribution in [-0.2, 0) is 14.3 Å². The van der Waals surface area contributed by atoms with Crippen LogP contribution >= 0.6 is 0 Å². The van der Waals surface area contributed by atoms with E-state index in [2.05, 4.69) is 5.32 Å². The Hall–Kier alpha value is -2.66. The molecule has 24 heavy (non-hydrogen) atoms. The number of rotatable bonds is 8. The van der Waals surface area contributed by atoms with Crippen LogP contribution in [0.25, 0.3) is 0 Å². The summed E-state index contributed by atoms with van der Waals surface area (Å²) in [5.41, 5.74) is 2.02. The summed E-state index contributed by atoms with van der Waals surface area (Å²) in [7, 11) is 1.40. The van der Waals surface area contributed by atoms with E-state index >= 15 is 0 Å². The molecule has 0 heterocycles. The number of hydrogen-bond acceptors (Lipinski definition) is 3. The van der Waals surface area contributed by atoms with Gasteiger partial charge in [-0.1, -0.05) is 60.7 Å². The highest BCUT2D eigenvalue weighted by atomic mass is 16.5. The minimum absolute atomic E-state index is 0.0670. The smallest absolute Gasteiger partial charge is 0.328 e. The van der Waals surface area contributed by atoms with Crippen molar-refractivity contribution in [1.82, 2.24) is 5.32 Å². The zero-order chi connectivity index (χ0) is 17.4. The maximum atomic E-state index is 12.4. The van der Waals surface area contributed by atoms with Gasteiger partial charge in [-0.2, -0.15) is 0 Å². The lowest BCUT2D eigenvalue weighted by Gasteiger charge is -2.19.